The molecule has 24 nitrogen and oxygen atoms in total. The number of esters is 1. The Hall–Kier alpha value is -5.84. The fraction of sp³-hybridized carbons (Fsp3) is 0.442. The highest BCUT2D eigenvalue weighted by atomic mass is 16.8. The Kier molecular flexibility index (Phi) is 15.1. The van der Waals surface area contributed by atoms with Crippen molar-refractivity contribution in [3.63, 3.8) is 0 Å². The van der Waals surface area contributed by atoms with Gasteiger partial charge < -0.3 is 108 Å². The molecule has 24 heteroatoms. The molecule has 3 saturated heterocycles. The van der Waals surface area contributed by atoms with Crippen LogP contribution in [0.2, 0.25) is 0 Å². The quantitative estimate of drug-likeness (QED) is 0.0369. The molecule has 0 amide bonds. The van der Waals surface area contributed by atoms with Crippen LogP contribution in [-0.4, -0.2) is 187 Å². The van der Waals surface area contributed by atoms with Crippen LogP contribution in [0.25, 0.3) is 28.7 Å². The summed E-state index contributed by atoms with van der Waals surface area (Å²) in [5.74, 6) is -3.35. The fourth-order valence-electron chi connectivity index (χ4n) is 7.44. The molecule has 5 aliphatic rings. The van der Waals surface area contributed by atoms with E-state index in [-0.39, 0.29) is 45.6 Å². The maximum atomic E-state index is 12.6. The van der Waals surface area contributed by atoms with Crippen molar-refractivity contribution in [1.29, 1.82) is 0 Å². The number of phenolic OH excluding ortho intramolecular Hbond substituents is 4. The van der Waals surface area contributed by atoms with Crippen LogP contribution in [0.5, 0.6) is 40.2 Å². The van der Waals surface area contributed by atoms with E-state index in [2.05, 4.69) is 0 Å². The predicted molar refractivity (Wildman–Crippen MR) is 220 cm³/mol. The van der Waals surface area contributed by atoms with Crippen LogP contribution in [0.4, 0.5) is 0 Å². The van der Waals surface area contributed by atoms with Gasteiger partial charge in [-0.05, 0) is 48.0 Å². The predicted octanol–water partition coefficient (Wildman–Crippen LogP) is -2.02. The summed E-state index contributed by atoms with van der Waals surface area (Å²) in [5, 5.41) is 127. The number of aliphatic hydroxyl groups is 8. The van der Waals surface area contributed by atoms with Gasteiger partial charge in [0.15, 0.2) is 58.6 Å². The van der Waals surface area contributed by atoms with Crippen molar-refractivity contribution in [2.24, 2.45) is 0 Å². The number of phenols is 4. The first-order valence-electron chi connectivity index (χ1n) is 20.3. The third-order valence-electron chi connectivity index (χ3n) is 11.1. The second-order valence-corrected chi connectivity index (χ2v) is 15.5. The number of carbonyl (C=O) groups is 1. The largest absolute Gasteiger partial charge is 0.507 e. The second-order valence-electron chi connectivity index (χ2n) is 15.5. The average molecular weight is 949 g/mol. The number of fused-ring (bicyclic) bond motifs is 1. The topological polar surface area (TPSA) is 373 Å². The first-order chi connectivity index (χ1) is 31.9. The van der Waals surface area contributed by atoms with Crippen LogP contribution in [0.1, 0.15) is 5.56 Å². The highest BCUT2D eigenvalue weighted by Gasteiger charge is 2.52. The van der Waals surface area contributed by atoms with Gasteiger partial charge in [-0.1, -0.05) is 0 Å². The Morgan fingerprint density at radius 3 is 2.04 bits per heavy atom. The first kappa shape index (κ1) is 49.1. The molecule has 67 heavy (non-hydrogen) atoms. The van der Waals surface area contributed by atoms with E-state index in [1.54, 1.807) is 0 Å². The lowest BCUT2D eigenvalue weighted by atomic mass is 9.98. The maximum Gasteiger partial charge on any atom is 0.330 e. The van der Waals surface area contributed by atoms with Crippen molar-refractivity contribution in [1.82, 2.24) is 0 Å². The lowest BCUT2D eigenvalue weighted by Crippen LogP contribution is -2.65. The van der Waals surface area contributed by atoms with Crippen molar-refractivity contribution in [2.75, 3.05) is 34.0 Å². The molecule has 12 N–H and O–H groups in total. The monoisotopic (exact) mass is 948 g/mol. The maximum absolute atomic E-state index is 12.6. The smallest absolute Gasteiger partial charge is 0.330 e. The molecule has 2 aromatic carbocycles. The van der Waals surface area contributed by atoms with Gasteiger partial charge in [0.1, 0.15) is 79.2 Å². The summed E-state index contributed by atoms with van der Waals surface area (Å²) >= 11 is 0. The van der Waals surface area contributed by atoms with Gasteiger partial charge >= 0.3 is 5.97 Å². The van der Waals surface area contributed by atoms with E-state index >= 15 is 0 Å². The van der Waals surface area contributed by atoms with E-state index in [0.717, 1.165) is 30.3 Å². The zero-order valence-electron chi connectivity index (χ0n) is 35.2. The average Bonchev–Trinajstić information content (AvgIpc) is 3.30. The molecule has 0 aromatic heterocycles. The normalized spacial score (nSPS) is 31.1. The van der Waals surface area contributed by atoms with Crippen molar-refractivity contribution >= 4 is 12.0 Å². The van der Waals surface area contributed by atoms with E-state index in [1.165, 1.54) is 44.6 Å². The van der Waals surface area contributed by atoms with Crippen LogP contribution < -0.4 is 19.6 Å². The third kappa shape index (κ3) is 10.4. The van der Waals surface area contributed by atoms with E-state index in [9.17, 15) is 70.9 Å². The van der Waals surface area contributed by atoms with Crippen molar-refractivity contribution in [3.05, 3.63) is 70.4 Å². The minimum atomic E-state index is -2.04. The van der Waals surface area contributed by atoms with Crippen LogP contribution in [0, 0.1) is 0 Å². The Morgan fingerprint density at radius 1 is 0.701 bits per heavy atom. The summed E-state index contributed by atoms with van der Waals surface area (Å²) < 4.78 is 56.0. The SMILES string of the molecule is COc1cc(C=CC(=O)OC[C@H]2O[C@@H](O[C@@H]3CO[C@@H](O[C@H]4[C@H](Oc5cc6c(O)cc(=O)cc-6oc5-c5ccc(O)c(O)c5)O[C@H](CO)[C@H](O)[C@@H]4O)[C@H](O)[C@H]3O)[C@H](O)[C@@H](O)[C@@H]2O)cc(OC)c1O. The van der Waals surface area contributed by atoms with Crippen LogP contribution in [0.3, 0.4) is 0 Å². The molecule has 4 aliphatic heterocycles. The number of aromatic hydroxyl groups is 4. The Bertz CT molecular complexity index is 2400. The standard InChI is InChI=1S/C43H48O24/c1-58-24-7-16(8-25(59-2)31(24)50)3-6-30(49)60-14-28-33(52)35(54)38(57)42(65-28)66-29-15-61-41(37(56)34(29)53)67-40-36(55)32(51)27(13-44)64-43(40)63-26-12-19-21(47)10-18(45)11-23(19)62-39(26)17-4-5-20(46)22(48)9-17/h3-12,27-29,32-38,40-44,46-48,50-57H,13-15H2,1-2H3/t27-,28-,29-,32+,33-,34+,35+,36+,37-,38-,40-,41+,42+,43-/m1/s1. The number of carbonyl (C=O) groups excluding carboxylic acids is 1. The van der Waals surface area contributed by atoms with Gasteiger partial charge in [0.05, 0.1) is 33.0 Å². The summed E-state index contributed by atoms with van der Waals surface area (Å²) in [7, 11) is 2.63. The number of benzene rings is 3. The molecular weight excluding hydrogens is 900 g/mol. The minimum absolute atomic E-state index is 0.0552. The van der Waals surface area contributed by atoms with E-state index < -0.39 is 134 Å². The van der Waals surface area contributed by atoms with Gasteiger partial charge in [-0.25, -0.2) is 4.79 Å². The zero-order chi connectivity index (χ0) is 48.4. The van der Waals surface area contributed by atoms with Crippen molar-refractivity contribution in [3.8, 4) is 62.9 Å². The molecule has 2 aromatic rings. The molecule has 0 saturated carbocycles. The number of hydrogen-bond donors (Lipinski definition) is 12. The van der Waals surface area contributed by atoms with Crippen LogP contribution in [-0.2, 0) is 33.2 Å². The molecule has 3 fully saturated rings. The van der Waals surface area contributed by atoms with Crippen molar-refractivity contribution < 1.29 is 113 Å². The summed E-state index contributed by atoms with van der Waals surface area (Å²) in [4.78, 5) is 24.8. The number of methoxy groups -OCH3 is 2. The molecule has 364 valence electrons. The van der Waals surface area contributed by atoms with Gasteiger partial charge in [0, 0.05) is 23.8 Å². The molecule has 0 radical (unpaired) electrons. The molecule has 0 spiro atoms. The first-order valence-corrected chi connectivity index (χ1v) is 20.3. The molecule has 4 heterocycles. The zero-order valence-corrected chi connectivity index (χ0v) is 35.2. The van der Waals surface area contributed by atoms with Crippen LogP contribution in [0.15, 0.2) is 63.8 Å². The van der Waals surface area contributed by atoms with Gasteiger partial charge in [-0.3, -0.25) is 4.79 Å². The van der Waals surface area contributed by atoms with Gasteiger partial charge in [0.2, 0.25) is 12.0 Å². The van der Waals surface area contributed by atoms with E-state index in [1.807, 2.05) is 0 Å². The molecule has 14 atom stereocenters. The number of aliphatic hydroxyl groups excluding tert-OH is 8. The summed E-state index contributed by atoms with van der Waals surface area (Å²) in [5.41, 5.74) is -0.254. The van der Waals surface area contributed by atoms with Gasteiger partial charge in [0.25, 0.3) is 0 Å². The Balaban J connectivity index is 1.04. The van der Waals surface area contributed by atoms with Crippen LogP contribution >= 0.6 is 0 Å². The highest BCUT2D eigenvalue weighted by molar-refractivity contribution is 5.87. The Morgan fingerprint density at radius 2 is 1.37 bits per heavy atom. The molecule has 0 unspecified atom stereocenters. The summed E-state index contributed by atoms with van der Waals surface area (Å²) in [6.07, 6.45) is -23.1. The number of hydrogen-bond acceptors (Lipinski definition) is 24. The minimum Gasteiger partial charge on any atom is -0.507 e. The number of ether oxygens (including phenoxy) is 9. The third-order valence-corrected chi connectivity index (χ3v) is 11.1. The number of rotatable bonds is 14. The van der Waals surface area contributed by atoms with E-state index in [0.29, 0.717) is 5.56 Å². The van der Waals surface area contributed by atoms with Gasteiger partial charge in [-0.15, -0.1) is 0 Å². The molecule has 1 aliphatic carbocycles. The molecular formula is C43H48O24. The highest BCUT2D eigenvalue weighted by Crippen LogP contribution is 2.44. The molecule has 7 rings (SSSR count). The fourth-order valence-corrected chi connectivity index (χ4v) is 7.44. The lowest BCUT2D eigenvalue weighted by molar-refractivity contribution is -0.364. The summed E-state index contributed by atoms with van der Waals surface area (Å²) in [6.45, 7) is -2.17. The molecule has 0 bridgehead atoms. The van der Waals surface area contributed by atoms with Crippen molar-refractivity contribution in [2.45, 2.75) is 86.0 Å². The summed E-state index contributed by atoms with van der Waals surface area (Å²) in [6, 6.07) is 9.47. The Labute approximate surface area is 378 Å². The van der Waals surface area contributed by atoms with E-state index in [4.69, 9.17) is 47.0 Å². The second kappa shape index (κ2) is 20.6. The van der Waals surface area contributed by atoms with Gasteiger partial charge in [-0.2, -0.15) is 0 Å². The lowest BCUT2D eigenvalue weighted by Gasteiger charge is -2.46.